The molecule has 0 saturated carbocycles. The van der Waals surface area contributed by atoms with Crippen molar-refractivity contribution in [2.45, 2.75) is 0 Å². The Kier molecular flexibility index (Phi) is 4.11. The number of methoxy groups -OCH3 is 1. The normalized spacial score (nSPS) is 15.2. The Bertz CT molecular complexity index is 497. The van der Waals surface area contributed by atoms with E-state index < -0.39 is 17.5 Å². The number of hydrogen-bond acceptors (Lipinski definition) is 4. The average molecular weight is 267 g/mol. The van der Waals surface area contributed by atoms with Crippen molar-refractivity contribution >= 4 is 11.7 Å². The van der Waals surface area contributed by atoms with Gasteiger partial charge in [-0.25, -0.2) is 4.39 Å². The van der Waals surface area contributed by atoms with Gasteiger partial charge in [-0.3, -0.25) is 9.59 Å². The van der Waals surface area contributed by atoms with Gasteiger partial charge in [0.25, 0.3) is 11.7 Å². The molecular weight excluding hydrogens is 253 g/mol. The lowest BCUT2D eigenvalue weighted by atomic mass is 10.1. The molecule has 0 bridgehead atoms. The molecule has 5 nitrogen and oxygen atoms in total. The first-order valence-corrected chi connectivity index (χ1v) is 5.88. The summed E-state index contributed by atoms with van der Waals surface area (Å²) in [5.41, 5.74) is -0.0565. The molecule has 0 aliphatic carbocycles. The van der Waals surface area contributed by atoms with Gasteiger partial charge in [0.2, 0.25) is 0 Å². The lowest BCUT2D eigenvalue weighted by molar-refractivity contribution is -0.130. The van der Waals surface area contributed by atoms with Gasteiger partial charge in [0.15, 0.2) is 0 Å². The van der Waals surface area contributed by atoms with E-state index in [1.165, 1.54) is 24.1 Å². The van der Waals surface area contributed by atoms with Gasteiger partial charge in [0.1, 0.15) is 11.6 Å². The summed E-state index contributed by atoms with van der Waals surface area (Å²) < 4.78 is 23.3. The van der Waals surface area contributed by atoms with Crippen LogP contribution in [-0.4, -0.2) is 50.0 Å². The zero-order valence-electron chi connectivity index (χ0n) is 10.5. The van der Waals surface area contributed by atoms with Crippen LogP contribution in [0.5, 0.6) is 5.75 Å². The Morgan fingerprint density at radius 1 is 1.32 bits per heavy atom. The topological polar surface area (TPSA) is 55.8 Å². The second-order valence-electron chi connectivity index (χ2n) is 4.08. The highest BCUT2D eigenvalue weighted by atomic mass is 19.1. The maximum absolute atomic E-state index is 13.2. The largest absolute Gasteiger partial charge is 0.496 e. The van der Waals surface area contributed by atoms with Crippen molar-refractivity contribution < 1.29 is 23.5 Å². The van der Waals surface area contributed by atoms with Crippen molar-refractivity contribution in [3.05, 3.63) is 29.6 Å². The summed E-state index contributed by atoms with van der Waals surface area (Å²) in [4.78, 5) is 25.5. The zero-order chi connectivity index (χ0) is 13.8. The third-order valence-corrected chi connectivity index (χ3v) is 2.90. The van der Waals surface area contributed by atoms with E-state index in [1.54, 1.807) is 0 Å². The standard InChI is InChI=1S/C13H14FNO4/c1-18-11-3-2-9(14)8-10(11)12(16)13(17)15-4-6-19-7-5-15/h2-3,8H,4-7H2,1H3. The third-order valence-electron chi connectivity index (χ3n) is 2.90. The van der Waals surface area contributed by atoms with Crippen LogP contribution >= 0.6 is 0 Å². The van der Waals surface area contributed by atoms with Crippen LogP contribution in [0.4, 0.5) is 4.39 Å². The number of hydrogen-bond donors (Lipinski definition) is 0. The molecule has 0 N–H and O–H groups in total. The van der Waals surface area contributed by atoms with E-state index in [0.29, 0.717) is 26.3 Å². The average Bonchev–Trinajstić information content (AvgIpc) is 2.46. The number of ether oxygens (including phenoxy) is 2. The number of benzene rings is 1. The van der Waals surface area contributed by atoms with Gasteiger partial charge in [-0.15, -0.1) is 0 Å². The fraction of sp³-hybridized carbons (Fsp3) is 0.385. The summed E-state index contributed by atoms with van der Waals surface area (Å²) in [5.74, 6) is -1.82. The van der Waals surface area contributed by atoms with E-state index in [-0.39, 0.29) is 11.3 Å². The molecule has 1 fully saturated rings. The van der Waals surface area contributed by atoms with Gasteiger partial charge >= 0.3 is 0 Å². The van der Waals surface area contributed by atoms with E-state index >= 15 is 0 Å². The molecule has 19 heavy (non-hydrogen) atoms. The van der Waals surface area contributed by atoms with Crippen molar-refractivity contribution in [3.63, 3.8) is 0 Å². The van der Waals surface area contributed by atoms with Gasteiger partial charge < -0.3 is 14.4 Å². The molecule has 0 aromatic heterocycles. The third kappa shape index (κ3) is 2.90. The van der Waals surface area contributed by atoms with Gasteiger partial charge in [-0.05, 0) is 18.2 Å². The lowest BCUT2D eigenvalue weighted by Crippen LogP contribution is -2.44. The molecular formula is C13H14FNO4. The summed E-state index contributed by atoms with van der Waals surface area (Å²) in [6, 6.07) is 3.52. The number of morpholine rings is 1. The molecule has 1 heterocycles. The number of carbonyl (C=O) groups excluding carboxylic acids is 2. The van der Waals surface area contributed by atoms with Crippen molar-refractivity contribution in [2.75, 3.05) is 33.4 Å². The minimum atomic E-state index is -0.766. The molecule has 1 aliphatic rings. The number of nitrogens with zero attached hydrogens (tertiary/aromatic N) is 1. The number of rotatable bonds is 3. The minimum Gasteiger partial charge on any atom is -0.496 e. The predicted molar refractivity (Wildman–Crippen MR) is 64.7 cm³/mol. The first-order chi connectivity index (χ1) is 9.13. The van der Waals surface area contributed by atoms with E-state index in [9.17, 15) is 14.0 Å². The number of ketones is 1. The second-order valence-corrected chi connectivity index (χ2v) is 4.08. The summed E-state index contributed by atoms with van der Waals surface area (Å²) >= 11 is 0. The van der Waals surface area contributed by atoms with Crippen LogP contribution in [0.2, 0.25) is 0 Å². The van der Waals surface area contributed by atoms with E-state index in [1.807, 2.05) is 0 Å². The SMILES string of the molecule is COc1ccc(F)cc1C(=O)C(=O)N1CCOCC1. The van der Waals surface area contributed by atoms with Crippen LogP contribution in [-0.2, 0) is 9.53 Å². The molecule has 0 spiro atoms. The first kappa shape index (κ1) is 13.5. The molecule has 1 saturated heterocycles. The Balaban J connectivity index is 2.23. The predicted octanol–water partition coefficient (Wildman–Crippen LogP) is 0.876. The molecule has 0 radical (unpaired) electrons. The van der Waals surface area contributed by atoms with Gasteiger partial charge in [0, 0.05) is 13.1 Å². The fourth-order valence-electron chi connectivity index (χ4n) is 1.88. The van der Waals surface area contributed by atoms with Crippen molar-refractivity contribution in [2.24, 2.45) is 0 Å². The van der Waals surface area contributed by atoms with Gasteiger partial charge in [0.05, 0.1) is 25.9 Å². The molecule has 2 rings (SSSR count). The highest BCUT2D eigenvalue weighted by Crippen LogP contribution is 2.20. The van der Waals surface area contributed by atoms with Crippen LogP contribution in [0.25, 0.3) is 0 Å². The molecule has 102 valence electrons. The van der Waals surface area contributed by atoms with Crippen LogP contribution in [0, 0.1) is 5.82 Å². The summed E-state index contributed by atoms with van der Waals surface area (Å²) in [6.07, 6.45) is 0. The Morgan fingerprint density at radius 3 is 2.63 bits per heavy atom. The van der Waals surface area contributed by atoms with E-state index in [0.717, 1.165) is 6.07 Å². The van der Waals surface area contributed by atoms with Crippen molar-refractivity contribution in [1.29, 1.82) is 0 Å². The second kappa shape index (κ2) is 5.79. The molecule has 1 aliphatic heterocycles. The molecule has 1 aromatic carbocycles. The molecule has 0 unspecified atom stereocenters. The van der Waals surface area contributed by atoms with Crippen molar-refractivity contribution in [3.8, 4) is 5.75 Å². The Hall–Kier alpha value is -1.95. The van der Waals surface area contributed by atoms with Crippen LogP contribution in [0.1, 0.15) is 10.4 Å². The monoisotopic (exact) mass is 267 g/mol. The fourth-order valence-corrected chi connectivity index (χ4v) is 1.88. The Morgan fingerprint density at radius 2 is 2.00 bits per heavy atom. The van der Waals surface area contributed by atoms with Crippen LogP contribution in [0.3, 0.4) is 0 Å². The van der Waals surface area contributed by atoms with Crippen LogP contribution in [0.15, 0.2) is 18.2 Å². The molecule has 1 aromatic rings. The summed E-state index contributed by atoms with van der Waals surface area (Å²) in [7, 11) is 1.36. The number of Topliss-reactive ketones (excluding diaryl/α,β-unsaturated/α-hetero) is 1. The molecule has 1 amide bonds. The molecule has 6 heteroatoms. The summed E-state index contributed by atoms with van der Waals surface area (Å²) in [6.45, 7) is 1.53. The van der Waals surface area contributed by atoms with Gasteiger partial charge in [-0.1, -0.05) is 0 Å². The van der Waals surface area contributed by atoms with Crippen molar-refractivity contribution in [1.82, 2.24) is 4.90 Å². The van der Waals surface area contributed by atoms with Crippen LogP contribution < -0.4 is 4.74 Å². The first-order valence-electron chi connectivity index (χ1n) is 5.88. The number of amides is 1. The van der Waals surface area contributed by atoms with E-state index in [4.69, 9.17) is 9.47 Å². The number of halogens is 1. The smallest absolute Gasteiger partial charge is 0.295 e. The summed E-state index contributed by atoms with van der Waals surface area (Å²) in [5, 5.41) is 0. The molecule has 0 atom stereocenters. The quantitative estimate of drug-likeness (QED) is 0.602. The lowest BCUT2D eigenvalue weighted by Gasteiger charge is -2.26. The highest BCUT2D eigenvalue weighted by molar-refractivity contribution is 6.43. The highest BCUT2D eigenvalue weighted by Gasteiger charge is 2.27. The zero-order valence-corrected chi connectivity index (χ0v) is 10.5. The van der Waals surface area contributed by atoms with E-state index in [2.05, 4.69) is 0 Å². The Labute approximate surface area is 109 Å². The minimum absolute atomic E-state index is 0.0565. The number of carbonyl (C=O) groups is 2. The maximum atomic E-state index is 13.2. The van der Waals surface area contributed by atoms with Gasteiger partial charge in [-0.2, -0.15) is 0 Å². The maximum Gasteiger partial charge on any atom is 0.295 e.